The van der Waals surface area contributed by atoms with Gasteiger partial charge in [0.15, 0.2) is 0 Å². The number of carbonyl (C=O) groups excluding carboxylic acids is 4. The average molecular weight is 552 g/mol. The fourth-order valence-corrected chi connectivity index (χ4v) is 4.59. The fraction of sp³-hybridized carbons (Fsp3) is 0.393. The van der Waals surface area contributed by atoms with Crippen molar-refractivity contribution in [1.29, 1.82) is 5.41 Å². The molecule has 0 saturated carbocycles. The Balaban J connectivity index is 1.28. The minimum absolute atomic E-state index is 0.108. The summed E-state index contributed by atoms with van der Waals surface area (Å²) < 4.78 is 15.7. The van der Waals surface area contributed by atoms with Crippen LogP contribution in [-0.4, -0.2) is 98.1 Å². The molecule has 0 bridgehead atoms. The SMILES string of the molecule is CCOC(=O)CN1CCN(CC2CN(c3ccc(C(=N)NC(=O)c4ccccc4OC(C)=O)cc3)C(=O)O2)CC1. The number of cyclic esters (lactones) is 1. The van der Waals surface area contributed by atoms with Crippen molar-refractivity contribution in [2.45, 2.75) is 20.0 Å². The number of nitrogens with zero attached hydrogens (tertiary/aromatic N) is 3. The Morgan fingerprint density at radius 2 is 1.70 bits per heavy atom. The maximum absolute atomic E-state index is 12.7. The molecule has 2 saturated heterocycles. The molecule has 2 aliphatic heterocycles. The molecule has 0 spiro atoms. The monoisotopic (exact) mass is 551 g/mol. The lowest BCUT2D eigenvalue weighted by molar-refractivity contribution is -0.145. The molecule has 2 aromatic rings. The van der Waals surface area contributed by atoms with Gasteiger partial charge in [-0.05, 0) is 43.3 Å². The Labute approximate surface area is 232 Å². The van der Waals surface area contributed by atoms with Gasteiger partial charge < -0.3 is 19.5 Å². The van der Waals surface area contributed by atoms with E-state index in [1.807, 2.05) is 0 Å². The van der Waals surface area contributed by atoms with Crippen LogP contribution in [0.15, 0.2) is 48.5 Å². The highest BCUT2D eigenvalue weighted by atomic mass is 16.6. The van der Waals surface area contributed by atoms with Crippen molar-refractivity contribution in [1.82, 2.24) is 15.1 Å². The summed E-state index contributed by atoms with van der Waals surface area (Å²) in [7, 11) is 0. The Morgan fingerprint density at radius 1 is 1.02 bits per heavy atom. The number of amides is 2. The van der Waals surface area contributed by atoms with Crippen LogP contribution in [0.25, 0.3) is 0 Å². The Morgan fingerprint density at radius 3 is 2.38 bits per heavy atom. The van der Waals surface area contributed by atoms with Crippen LogP contribution in [0.1, 0.15) is 29.8 Å². The number of ether oxygens (including phenoxy) is 3. The molecule has 0 aliphatic carbocycles. The number of para-hydroxylation sites is 1. The number of piperazine rings is 1. The third-order valence-electron chi connectivity index (χ3n) is 6.55. The van der Waals surface area contributed by atoms with Gasteiger partial charge in [-0.15, -0.1) is 0 Å². The molecule has 4 rings (SSSR count). The lowest BCUT2D eigenvalue weighted by Gasteiger charge is -2.34. The first-order chi connectivity index (χ1) is 19.2. The third-order valence-corrected chi connectivity index (χ3v) is 6.55. The molecule has 2 N–H and O–H groups in total. The first-order valence-corrected chi connectivity index (χ1v) is 13.1. The van der Waals surface area contributed by atoms with Gasteiger partial charge in [0.25, 0.3) is 5.91 Å². The average Bonchev–Trinajstić information content (AvgIpc) is 3.29. The van der Waals surface area contributed by atoms with E-state index in [0.717, 1.165) is 26.2 Å². The maximum atomic E-state index is 12.7. The number of benzene rings is 2. The lowest BCUT2D eigenvalue weighted by atomic mass is 10.1. The molecule has 40 heavy (non-hydrogen) atoms. The highest BCUT2D eigenvalue weighted by Gasteiger charge is 2.34. The second-order valence-electron chi connectivity index (χ2n) is 9.46. The summed E-state index contributed by atoms with van der Waals surface area (Å²) in [6, 6.07) is 12.9. The van der Waals surface area contributed by atoms with E-state index in [0.29, 0.717) is 30.9 Å². The van der Waals surface area contributed by atoms with Gasteiger partial charge in [-0.2, -0.15) is 0 Å². The highest BCUT2D eigenvalue weighted by molar-refractivity contribution is 6.12. The Bertz CT molecular complexity index is 1260. The summed E-state index contributed by atoms with van der Waals surface area (Å²) in [4.78, 5) is 54.1. The molecule has 0 aromatic heterocycles. The van der Waals surface area contributed by atoms with Crippen LogP contribution >= 0.6 is 0 Å². The minimum atomic E-state index is -0.585. The molecule has 1 unspecified atom stereocenters. The predicted molar refractivity (Wildman–Crippen MR) is 146 cm³/mol. The molecular formula is C28H33N5O7. The molecule has 2 heterocycles. The maximum Gasteiger partial charge on any atom is 0.414 e. The van der Waals surface area contributed by atoms with Crippen LogP contribution in [0.4, 0.5) is 10.5 Å². The quantitative estimate of drug-likeness (QED) is 0.207. The smallest absolute Gasteiger partial charge is 0.414 e. The first-order valence-electron chi connectivity index (χ1n) is 13.1. The molecule has 0 radical (unpaired) electrons. The number of anilines is 1. The van der Waals surface area contributed by atoms with Crippen molar-refractivity contribution in [3.63, 3.8) is 0 Å². The van der Waals surface area contributed by atoms with Crippen LogP contribution in [0.3, 0.4) is 0 Å². The first kappa shape index (κ1) is 28.7. The van der Waals surface area contributed by atoms with Gasteiger partial charge in [-0.25, -0.2) is 4.79 Å². The topological polar surface area (TPSA) is 142 Å². The van der Waals surface area contributed by atoms with Gasteiger partial charge in [0.05, 0.1) is 25.3 Å². The minimum Gasteiger partial charge on any atom is -0.465 e. The normalized spacial score (nSPS) is 17.7. The van der Waals surface area contributed by atoms with Gasteiger partial charge in [0.1, 0.15) is 17.7 Å². The zero-order valence-corrected chi connectivity index (χ0v) is 22.6. The van der Waals surface area contributed by atoms with Crippen molar-refractivity contribution >= 4 is 35.5 Å². The van der Waals surface area contributed by atoms with Crippen molar-refractivity contribution in [2.24, 2.45) is 0 Å². The standard InChI is InChI=1S/C28H33N5O7/c1-3-38-25(35)18-32-14-12-31(13-15-32)16-22-17-33(28(37)40-22)21-10-8-20(9-11-21)26(29)30-27(36)23-6-4-5-7-24(23)39-19(2)34/h4-11,22H,3,12-18H2,1-2H3,(H2,29,30,36). The van der Waals surface area contributed by atoms with Crippen molar-refractivity contribution in [3.8, 4) is 5.75 Å². The number of hydrogen-bond acceptors (Lipinski definition) is 10. The zero-order valence-electron chi connectivity index (χ0n) is 22.6. The number of rotatable bonds is 9. The van der Waals surface area contributed by atoms with E-state index >= 15 is 0 Å². The van der Waals surface area contributed by atoms with Gasteiger partial charge in [0, 0.05) is 50.9 Å². The molecule has 2 amide bonds. The van der Waals surface area contributed by atoms with Crippen LogP contribution in [0.2, 0.25) is 0 Å². The molecule has 12 heteroatoms. The molecule has 212 valence electrons. The largest absolute Gasteiger partial charge is 0.465 e. The summed E-state index contributed by atoms with van der Waals surface area (Å²) in [6.07, 6.45) is -0.734. The number of hydrogen-bond donors (Lipinski definition) is 2. The Hall–Kier alpha value is -4.29. The van der Waals surface area contributed by atoms with E-state index in [-0.39, 0.29) is 35.8 Å². The summed E-state index contributed by atoms with van der Waals surface area (Å²) in [6.45, 7) is 7.69. The van der Waals surface area contributed by atoms with E-state index in [1.165, 1.54) is 19.1 Å². The van der Waals surface area contributed by atoms with Crippen LogP contribution in [-0.2, 0) is 19.1 Å². The second-order valence-corrected chi connectivity index (χ2v) is 9.46. The molecule has 12 nitrogen and oxygen atoms in total. The number of esters is 2. The number of amidine groups is 1. The number of carbonyl (C=O) groups is 4. The molecule has 1 atom stereocenters. The second kappa shape index (κ2) is 13.2. The summed E-state index contributed by atoms with van der Waals surface area (Å²) >= 11 is 0. The van der Waals surface area contributed by atoms with Crippen molar-refractivity contribution in [2.75, 3.05) is 57.3 Å². The van der Waals surface area contributed by atoms with Gasteiger partial charge in [0.2, 0.25) is 0 Å². The molecule has 2 fully saturated rings. The number of nitrogens with one attached hydrogen (secondary N) is 2. The van der Waals surface area contributed by atoms with Gasteiger partial charge in [-0.3, -0.25) is 34.5 Å². The zero-order chi connectivity index (χ0) is 28.6. The van der Waals surface area contributed by atoms with E-state index in [2.05, 4.69) is 15.1 Å². The Kier molecular flexibility index (Phi) is 9.46. The van der Waals surface area contributed by atoms with Crippen LogP contribution < -0.4 is 15.0 Å². The highest BCUT2D eigenvalue weighted by Crippen LogP contribution is 2.23. The summed E-state index contributed by atoms with van der Waals surface area (Å²) in [5, 5.41) is 10.8. The molecule has 2 aromatic carbocycles. The lowest BCUT2D eigenvalue weighted by Crippen LogP contribution is -2.50. The van der Waals surface area contributed by atoms with E-state index in [1.54, 1.807) is 48.2 Å². The summed E-state index contributed by atoms with van der Waals surface area (Å²) in [5.41, 5.74) is 1.19. The molecular weight excluding hydrogens is 518 g/mol. The van der Waals surface area contributed by atoms with E-state index in [9.17, 15) is 19.2 Å². The predicted octanol–water partition coefficient (Wildman–Crippen LogP) is 1.87. The molecule has 2 aliphatic rings. The van der Waals surface area contributed by atoms with E-state index < -0.39 is 18.0 Å². The third kappa shape index (κ3) is 7.42. The van der Waals surface area contributed by atoms with Gasteiger partial charge >= 0.3 is 18.0 Å². The fourth-order valence-electron chi connectivity index (χ4n) is 4.59. The van der Waals surface area contributed by atoms with E-state index in [4.69, 9.17) is 19.6 Å². The van der Waals surface area contributed by atoms with Gasteiger partial charge in [-0.1, -0.05) is 12.1 Å². The van der Waals surface area contributed by atoms with Crippen molar-refractivity contribution < 1.29 is 33.4 Å². The van der Waals surface area contributed by atoms with Crippen LogP contribution in [0, 0.1) is 5.41 Å². The summed E-state index contributed by atoms with van der Waals surface area (Å²) in [5.74, 6) is -1.39. The van der Waals surface area contributed by atoms with Crippen LogP contribution in [0.5, 0.6) is 5.75 Å². The van der Waals surface area contributed by atoms with Crippen molar-refractivity contribution in [3.05, 3.63) is 59.7 Å².